The topological polar surface area (TPSA) is 51.2 Å². The SMILES string of the molecule is Clc1ccccc1.O=C(NC1CCOc2cccnc21)c1ccccc1. The molecule has 0 saturated carbocycles. The molecule has 0 aliphatic carbocycles. The summed E-state index contributed by atoms with van der Waals surface area (Å²) in [6.45, 7) is 0.596. The number of aromatic nitrogens is 1. The standard InChI is InChI=1S/C15H14N2O2.C6H5Cl/c18-15(11-5-2-1-3-6-11)17-12-8-10-19-13-7-4-9-16-14(12)13;7-6-4-2-1-3-5-6/h1-7,9,12H,8,10H2,(H,17,18);1-5H. The van der Waals surface area contributed by atoms with E-state index in [0.717, 1.165) is 22.9 Å². The van der Waals surface area contributed by atoms with E-state index in [-0.39, 0.29) is 11.9 Å². The van der Waals surface area contributed by atoms with Crippen LogP contribution in [-0.2, 0) is 0 Å². The minimum absolute atomic E-state index is 0.0795. The first kappa shape index (κ1) is 18.0. The third-order valence-corrected chi connectivity index (χ3v) is 4.12. The lowest BCUT2D eigenvalue weighted by molar-refractivity contribution is 0.0923. The van der Waals surface area contributed by atoms with Crippen molar-refractivity contribution in [1.82, 2.24) is 10.3 Å². The second-order valence-corrected chi connectivity index (χ2v) is 6.15. The highest BCUT2D eigenvalue weighted by Crippen LogP contribution is 2.29. The number of hydrogen-bond donors (Lipinski definition) is 1. The number of carbonyl (C=O) groups is 1. The maximum atomic E-state index is 12.1. The number of ether oxygens (including phenoxy) is 1. The van der Waals surface area contributed by atoms with Crippen molar-refractivity contribution in [3.05, 3.63) is 95.3 Å². The molecule has 1 amide bonds. The minimum atomic E-state index is -0.0855. The monoisotopic (exact) mass is 366 g/mol. The zero-order chi connectivity index (χ0) is 18.2. The molecule has 1 aromatic heterocycles. The van der Waals surface area contributed by atoms with E-state index < -0.39 is 0 Å². The Bertz CT molecular complexity index is 841. The fourth-order valence-corrected chi connectivity index (χ4v) is 2.74. The van der Waals surface area contributed by atoms with Crippen molar-refractivity contribution in [1.29, 1.82) is 0 Å². The van der Waals surface area contributed by atoms with E-state index in [4.69, 9.17) is 16.3 Å². The Morgan fingerprint density at radius 3 is 2.35 bits per heavy atom. The van der Waals surface area contributed by atoms with Crippen LogP contribution in [0.15, 0.2) is 79.0 Å². The molecule has 0 spiro atoms. The number of halogens is 1. The third-order valence-electron chi connectivity index (χ3n) is 3.87. The van der Waals surface area contributed by atoms with Crippen molar-refractivity contribution in [3.8, 4) is 5.75 Å². The van der Waals surface area contributed by atoms with Crippen molar-refractivity contribution in [3.63, 3.8) is 0 Å². The van der Waals surface area contributed by atoms with Crippen LogP contribution < -0.4 is 10.1 Å². The Hall–Kier alpha value is -2.85. The Labute approximate surface area is 157 Å². The van der Waals surface area contributed by atoms with Crippen LogP contribution in [0.5, 0.6) is 5.75 Å². The lowest BCUT2D eigenvalue weighted by Gasteiger charge is -2.25. The minimum Gasteiger partial charge on any atom is -0.491 e. The van der Waals surface area contributed by atoms with Gasteiger partial charge in [-0.1, -0.05) is 48.0 Å². The highest BCUT2D eigenvalue weighted by molar-refractivity contribution is 6.30. The van der Waals surface area contributed by atoms with Gasteiger partial charge in [-0.15, -0.1) is 0 Å². The van der Waals surface area contributed by atoms with Crippen LogP contribution in [0.3, 0.4) is 0 Å². The van der Waals surface area contributed by atoms with E-state index >= 15 is 0 Å². The largest absolute Gasteiger partial charge is 0.491 e. The van der Waals surface area contributed by atoms with Gasteiger partial charge in [0.15, 0.2) is 0 Å². The van der Waals surface area contributed by atoms with Crippen molar-refractivity contribution < 1.29 is 9.53 Å². The van der Waals surface area contributed by atoms with Gasteiger partial charge in [-0.3, -0.25) is 9.78 Å². The fourth-order valence-electron chi connectivity index (χ4n) is 2.60. The number of amides is 1. The summed E-state index contributed by atoms with van der Waals surface area (Å²) < 4.78 is 5.53. The summed E-state index contributed by atoms with van der Waals surface area (Å²) in [5.74, 6) is 0.677. The molecule has 2 aromatic carbocycles. The summed E-state index contributed by atoms with van der Waals surface area (Å²) in [6.07, 6.45) is 2.46. The highest BCUT2D eigenvalue weighted by atomic mass is 35.5. The van der Waals surface area contributed by atoms with Crippen LogP contribution in [0.1, 0.15) is 28.5 Å². The third kappa shape index (κ3) is 4.83. The van der Waals surface area contributed by atoms with Crippen molar-refractivity contribution >= 4 is 17.5 Å². The quantitative estimate of drug-likeness (QED) is 0.716. The predicted octanol–water partition coefficient (Wildman–Crippen LogP) is 4.68. The summed E-state index contributed by atoms with van der Waals surface area (Å²) >= 11 is 5.54. The molecule has 0 radical (unpaired) electrons. The predicted molar refractivity (Wildman–Crippen MR) is 102 cm³/mol. The lowest BCUT2D eigenvalue weighted by atomic mass is 10.1. The molecule has 3 aromatic rings. The van der Waals surface area contributed by atoms with E-state index in [0.29, 0.717) is 12.2 Å². The number of nitrogens with one attached hydrogen (secondary N) is 1. The van der Waals surface area contributed by atoms with Gasteiger partial charge in [0.05, 0.1) is 12.6 Å². The summed E-state index contributed by atoms with van der Waals surface area (Å²) in [4.78, 5) is 16.5. The van der Waals surface area contributed by atoms with Gasteiger partial charge in [-0.25, -0.2) is 0 Å². The van der Waals surface area contributed by atoms with Gasteiger partial charge in [0.2, 0.25) is 0 Å². The number of pyridine rings is 1. The summed E-state index contributed by atoms with van der Waals surface area (Å²) in [6, 6.07) is 22.3. The smallest absolute Gasteiger partial charge is 0.251 e. The number of benzene rings is 2. The Morgan fingerprint density at radius 1 is 1.00 bits per heavy atom. The molecule has 1 unspecified atom stereocenters. The van der Waals surface area contributed by atoms with Crippen molar-refractivity contribution in [2.24, 2.45) is 0 Å². The zero-order valence-electron chi connectivity index (χ0n) is 14.1. The number of nitrogens with zero attached hydrogens (tertiary/aromatic N) is 1. The maximum absolute atomic E-state index is 12.1. The van der Waals surface area contributed by atoms with E-state index in [1.165, 1.54) is 0 Å². The normalized spacial score (nSPS) is 14.9. The lowest BCUT2D eigenvalue weighted by Crippen LogP contribution is -2.32. The van der Waals surface area contributed by atoms with Gasteiger partial charge in [0.25, 0.3) is 5.91 Å². The first-order valence-corrected chi connectivity index (χ1v) is 8.76. The average molecular weight is 367 g/mol. The molecule has 1 aliphatic heterocycles. The van der Waals surface area contributed by atoms with Gasteiger partial charge in [-0.2, -0.15) is 0 Å². The Kier molecular flexibility index (Phi) is 6.23. The molecule has 0 fully saturated rings. The summed E-state index contributed by atoms with van der Waals surface area (Å²) in [5, 5.41) is 3.80. The molecular weight excluding hydrogens is 348 g/mol. The van der Waals surface area contributed by atoms with Crippen LogP contribution >= 0.6 is 11.6 Å². The van der Waals surface area contributed by atoms with Crippen molar-refractivity contribution in [2.45, 2.75) is 12.5 Å². The number of rotatable bonds is 2. The number of carbonyl (C=O) groups excluding carboxylic acids is 1. The molecule has 4 rings (SSSR count). The van der Waals surface area contributed by atoms with Crippen LogP contribution in [0, 0.1) is 0 Å². The van der Waals surface area contributed by atoms with E-state index in [2.05, 4.69) is 10.3 Å². The van der Waals surface area contributed by atoms with Gasteiger partial charge in [0, 0.05) is 23.2 Å². The van der Waals surface area contributed by atoms with Crippen LogP contribution in [-0.4, -0.2) is 17.5 Å². The van der Waals surface area contributed by atoms with Crippen molar-refractivity contribution in [2.75, 3.05) is 6.61 Å². The molecular formula is C21H19ClN2O2. The molecule has 4 nitrogen and oxygen atoms in total. The van der Waals surface area contributed by atoms with Gasteiger partial charge in [-0.05, 0) is 36.4 Å². The van der Waals surface area contributed by atoms with Gasteiger partial charge < -0.3 is 10.1 Å². The zero-order valence-corrected chi connectivity index (χ0v) is 14.9. The van der Waals surface area contributed by atoms with Crippen LogP contribution in [0.25, 0.3) is 0 Å². The van der Waals surface area contributed by atoms with Crippen LogP contribution in [0.2, 0.25) is 5.02 Å². The first-order chi connectivity index (χ1) is 12.7. The van der Waals surface area contributed by atoms with Gasteiger partial charge in [0.1, 0.15) is 11.4 Å². The molecule has 0 saturated heterocycles. The molecule has 1 aliphatic rings. The molecule has 132 valence electrons. The Balaban J connectivity index is 0.000000236. The molecule has 0 bridgehead atoms. The molecule has 5 heteroatoms. The van der Waals surface area contributed by atoms with E-state index in [1.807, 2.05) is 60.7 Å². The van der Waals surface area contributed by atoms with Gasteiger partial charge >= 0.3 is 0 Å². The fraction of sp³-hybridized carbons (Fsp3) is 0.143. The number of fused-ring (bicyclic) bond motifs is 1. The maximum Gasteiger partial charge on any atom is 0.251 e. The average Bonchev–Trinajstić information content (AvgIpc) is 2.70. The second kappa shape index (κ2) is 9.02. The highest BCUT2D eigenvalue weighted by Gasteiger charge is 2.24. The molecule has 2 heterocycles. The number of hydrogen-bond acceptors (Lipinski definition) is 3. The van der Waals surface area contributed by atoms with E-state index in [1.54, 1.807) is 18.3 Å². The second-order valence-electron chi connectivity index (χ2n) is 5.71. The molecule has 1 atom stereocenters. The Morgan fingerprint density at radius 2 is 1.69 bits per heavy atom. The molecule has 26 heavy (non-hydrogen) atoms. The first-order valence-electron chi connectivity index (χ1n) is 8.38. The van der Waals surface area contributed by atoms with Crippen LogP contribution in [0.4, 0.5) is 0 Å². The summed E-state index contributed by atoms with van der Waals surface area (Å²) in [5.41, 5.74) is 1.46. The van der Waals surface area contributed by atoms with E-state index in [9.17, 15) is 4.79 Å². The summed E-state index contributed by atoms with van der Waals surface area (Å²) in [7, 11) is 0. The molecule has 1 N–H and O–H groups in total.